The average Bonchev–Trinajstić information content (AvgIpc) is 2.90. The molecule has 0 radical (unpaired) electrons. The number of benzene rings is 4. The van der Waals surface area contributed by atoms with Gasteiger partial charge in [0.25, 0.3) is 0 Å². The summed E-state index contributed by atoms with van der Waals surface area (Å²) in [5.41, 5.74) is 3.68. The van der Waals surface area contributed by atoms with Gasteiger partial charge in [0, 0.05) is 33.3 Å². The molecule has 0 fully saturated rings. The van der Waals surface area contributed by atoms with Crippen molar-refractivity contribution in [3.63, 3.8) is 0 Å². The molecule has 4 nitrogen and oxygen atoms in total. The van der Waals surface area contributed by atoms with Gasteiger partial charge in [0.2, 0.25) is 0 Å². The van der Waals surface area contributed by atoms with E-state index in [0.717, 1.165) is 43.8 Å². The molecule has 0 unspecified atom stereocenters. The molecule has 4 aromatic carbocycles. The quantitative estimate of drug-likeness (QED) is 0.178. The summed E-state index contributed by atoms with van der Waals surface area (Å²) in [4.78, 5) is 11.6. The first kappa shape index (κ1) is 23.7. The highest BCUT2D eigenvalue weighted by Crippen LogP contribution is 2.44. The van der Waals surface area contributed by atoms with Crippen LogP contribution in [-0.2, 0) is 0 Å². The molecule has 0 aliphatic rings. The van der Waals surface area contributed by atoms with Crippen molar-refractivity contribution < 1.29 is 9.47 Å². The van der Waals surface area contributed by atoms with E-state index in [9.17, 15) is 0 Å². The normalized spacial score (nSPS) is 11.2. The SMILES string of the molecule is COc1ccccc1C=Nc1ccccc1SSc1ccccc1N=Cc1ccccc1OC. The van der Waals surface area contributed by atoms with Crippen molar-refractivity contribution in [2.45, 2.75) is 9.79 Å². The van der Waals surface area contributed by atoms with Crippen molar-refractivity contribution in [1.29, 1.82) is 0 Å². The Morgan fingerprint density at radius 1 is 0.529 bits per heavy atom. The molecule has 0 aliphatic heterocycles. The summed E-state index contributed by atoms with van der Waals surface area (Å²) >= 11 is 0. The van der Waals surface area contributed by atoms with Crippen molar-refractivity contribution in [1.82, 2.24) is 0 Å². The van der Waals surface area contributed by atoms with Crippen LogP contribution in [0.15, 0.2) is 117 Å². The Morgan fingerprint density at radius 2 is 0.912 bits per heavy atom. The van der Waals surface area contributed by atoms with E-state index in [1.54, 1.807) is 35.8 Å². The molecule has 0 N–H and O–H groups in total. The summed E-state index contributed by atoms with van der Waals surface area (Å²) in [5, 5.41) is 0. The highest BCUT2D eigenvalue weighted by molar-refractivity contribution is 8.76. The lowest BCUT2D eigenvalue weighted by atomic mass is 10.2. The van der Waals surface area contributed by atoms with Gasteiger partial charge in [-0.2, -0.15) is 0 Å². The van der Waals surface area contributed by atoms with Gasteiger partial charge in [-0.1, -0.05) is 70.1 Å². The minimum Gasteiger partial charge on any atom is -0.496 e. The zero-order valence-corrected chi connectivity index (χ0v) is 20.6. The van der Waals surface area contributed by atoms with Gasteiger partial charge in [-0.25, -0.2) is 0 Å². The average molecular weight is 485 g/mol. The molecule has 0 heterocycles. The molecule has 34 heavy (non-hydrogen) atoms. The van der Waals surface area contributed by atoms with Gasteiger partial charge >= 0.3 is 0 Å². The number of ether oxygens (including phenoxy) is 2. The molecular formula is C28H24N2O2S2. The van der Waals surface area contributed by atoms with Crippen LogP contribution in [0.3, 0.4) is 0 Å². The molecule has 0 atom stereocenters. The van der Waals surface area contributed by atoms with Crippen LogP contribution in [0.5, 0.6) is 11.5 Å². The minimum atomic E-state index is 0.799. The summed E-state index contributed by atoms with van der Waals surface area (Å²) < 4.78 is 10.9. The number of para-hydroxylation sites is 4. The molecule has 170 valence electrons. The van der Waals surface area contributed by atoms with Crippen LogP contribution in [0.2, 0.25) is 0 Å². The Labute approximate surface area is 208 Å². The van der Waals surface area contributed by atoms with Gasteiger partial charge < -0.3 is 9.47 Å². The van der Waals surface area contributed by atoms with Gasteiger partial charge in [0.1, 0.15) is 11.5 Å². The molecule has 0 aliphatic carbocycles. The topological polar surface area (TPSA) is 43.2 Å². The third-order valence-corrected chi connectivity index (χ3v) is 7.38. The van der Waals surface area contributed by atoms with Gasteiger partial charge in [-0.05, 0) is 48.5 Å². The Morgan fingerprint density at radius 3 is 1.35 bits per heavy atom. The molecular weight excluding hydrogens is 460 g/mol. The van der Waals surface area contributed by atoms with E-state index in [0.29, 0.717) is 0 Å². The maximum absolute atomic E-state index is 5.43. The summed E-state index contributed by atoms with van der Waals surface area (Å²) in [5.74, 6) is 1.60. The highest BCUT2D eigenvalue weighted by Gasteiger charge is 2.07. The van der Waals surface area contributed by atoms with Gasteiger partial charge in [0.05, 0.1) is 25.6 Å². The van der Waals surface area contributed by atoms with Crippen molar-refractivity contribution in [2.24, 2.45) is 9.98 Å². The fraction of sp³-hybridized carbons (Fsp3) is 0.0714. The van der Waals surface area contributed by atoms with Crippen molar-refractivity contribution in [3.05, 3.63) is 108 Å². The second-order valence-corrected chi connectivity index (χ2v) is 9.32. The standard InChI is InChI=1S/C28H24N2O2S2/c1-31-25-15-7-3-11-21(25)19-29-23-13-5-9-17-27(23)33-34-28-18-10-6-14-24(28)30-20-22-12-4-8-16-26(22)32-2/h3-20H,1-2H3. The lowest BCUT2D eigenvalue weighted by Crippen LogP contribution is -1.89. The summed E-state index contributed by atoms with van der Waals surface area (Å²) in [6, 6.07) is 31.9. The fourth-order valence-corrected chi connectivity index (χ4v) is 5.43. The summed E-state index contributed by atoms with van der Waals surface area (Å²) in [6.07, 6.45) is 3.68. The monoisotopic (exact) mass is 484 g/mol. The van der Waals surface area contributed by atoms with Gasteiger partial charge in [-0.3, -0.25) is 9.98 Å². The van der Waals surface area contributed by atoms with E-state index >= 15 is 0 Å². The van der Waals surface area contributed by atoms with E-state index in [2.05, 4.69) is 12.1 Å². The Kier molecular flexibility index (Phi) is 8.43. The second kappa shape index (κ2) is 12.1. The van der Waals surface area contributed by atoms with Crippen LogP contribution < -0.4 is 9.47 Å². The third kappa shape index (κ3) is 6.10. The van der Waals surface area contributed by atoms with E-state index in [1.165, 1.54) is 0 Å². The first-order chi connectivity index (χ1) is 16.8. The summed E-state index contributed by atoms with van der Waals surface area (Å²) in [7, 11) is 6.66. The predicted molar refractivity (Wildman–Crippen MR) is 145 cm³/mol. The molecule has 4 rings (SSSR count). The number of methoxy groups -OCH3 is 2. The number of aliphatic imine (C=N–C) groups is 2. The van der Waals surface area contributed by atoms with Crippen LogP contribution in [0, 0.1) is 0 Å². The Hall–Kier alpha value is -3.48. The summed E-state index contributed by atoms with van der Waals surface area (Å²) in [6.45, 7) is 0. The molecule has 6 heteroatoms. The number of hydrogen-bond donors (Lipinski definition) is 0. The second-order valence-electron chi connectivity index (χ2n) is 7.10. The largest absolute Gasteiger partial charge is 0.496 e. The first-order valence-electron chi connectivity index (χ1n) is 10.7. The van der Waals surface area contributed by atoms with Crippen molar-refractivity contribution >= 4 is 45.4 Å². The number of rotatable bonds is 9. The maximum atomic E-state index is 5.43. The maximum Gasteiger partial charge on any atom is 0.127 e. The lowest BCUT2D eigenvalue weighted by molar-refractivity contribution is 0.414. The van der Waals surface area contributed by atoms with Gasteiger partial charge in [-0.15, -0.1) is 0 Å². The van der Waals surface area contributed by atoms with Crippen LogP contribution in [0.1, 0.15) is 11.1 Å². The fourth-order valence-electron chi connectivity index (χ4n) is 3.18. The Bertz CT molecular complexity index is 1200. The van der Waals surface area contributed by atoms with E-state index in [-0.39, 0.29) is 0 Å². The molecule has 0 bridgehead atoms. The van der Waals surface area contributed by atoms with Crippen LogP contribution in [-0.4, -0.2) is 26.6 Å². The highest BCUT2D eigenvalue weighted by atomic mass is 33.1. The minimum absolute atomic E-state index is 0.799. The van der Waals surface area contributed by atoms with Crippen LogP contribution >= 0.6 is 21.6 Å². The third-order valence-electron chi connectivity index (χ3n) is 4.92. The van der Waals surface area contributed by atoms with Crippen molar-refractivity contribution in [2.75, 3.05) is 14.2 Å². The number of hydrogen-bond acceptors (Lipinski definition) is 6. The first-order valence-corrected chi connectivity index (χ1v) is 12.8. The zero-order chi connectivity index (χ0) is 23.6. The molecule has 0 aromatic heterocycles. The van der Waals surface area contributed by atoms with Gasteiger partial charge in [0.15, 0.2) is 0 Å². The van der Waals surface area contributed by atoms with Crippen LogP contribution in [0.25, 0.3) is 0 Å². The Balaban J connectivity index is 1.52. The molecule has 0 spiro atoms. The number of nitrogens with zero attached hydrogens (tertiary/aromatic N) is 2. The zero-order valence-electron chi connectivity index (χ0n) is 18.9. The predicted octanol–water partition coefficient (Wildman–Crippen LogP) is 8.00. The molecule has 4 aromatic rings. The van der Waals surface area contributed by atoms with Crippen LogP contribution in [0.4, 0.5) is 11.4 Å². The molecule has 0 amide bonds. The van der Waals surface area contributed by atoms with E-state index in [4.69, 9.17) is 19.5 Å². The van der Waals surface area contributed by atoms with E-state index in [1.807, 2.05) is 97.4 Å². The molecule has 0 saturated heterocycles. The van der Waals surface area contributed by atoms with Crippen molar-refractivity contribution in [3.8, 4) is 11.5 Å². The smallest absolute Gasteiger partial charge is 0.127 e. The molecule has 0 saturated carbocycles. The van der Waals surface area contributed by atoms with E-state index < -0.39 is 0 Å². The lowest BCUT2D eigenvalue weighted by Gasteiger charge is -2.08.